The molecular weight excluding hydrogens is 458 g/mol. The van der Waals surface area contributed by atoms with Crippen LogP contribution in [-0.4, -0.2) is 37.0 Å². The van der Waals surface area contributed by atoms with E-state index >= 15 is 0 Å². The van der Waals surface area contributed by atoms with Crippen molar-refractivity contribution in [3.63, 3.8) is 0 Å². The fourth-order valence-corrected chi connectivity index (χ4v) is 3.49. The highest BCUT2D eigenvalue weighted by atomic mass is 127. The number of guanidine groups is 1. The maximum absolute atomic E-state index is 6.22. The summed E-state index contributed by atoms with van der Waals surface area (Å²) in [6.45, 7) is 8.48. The molecule has 1 heterocycles. The third kappa shape index (κ3) is 6.94. The molecule has 1 saturated heterocycles. The Hall–Kier alpha value is -0.240. The van der Waals surface area contributed by atoms with Crippen LogP contribution in [0.5, 0.6) is 0 Å². The molecule has 1 fully saturated rings. The topological polar surface area (TPSA) is 53.6 Å². The average molecular weight is 485 g/mol. The van der Waals surface area contributed by atoms with Gasteiger partial charge in [0.2, 0.25) is 0 Å². The highest BCUT2D eigenvalue weighted by Gasteiger charge is 2.15. The molecule has 2 unspecified atom stereocenters. The number of aliphatic imine (C=N–C) groups is 1. The van der Waals surface area contributed by atoms with Crippen molar-refractivity contribution in [3.05, 3.63) is 33.8 Å². The fourth-order valence-electron chi connectivity index (χ4n) is 2.92. The van der Waals surface area contributed by atoms with Crippen LogP contribution in [0.15, 0.2) is 23.2 Å². The van der Waals surface area contributed by atoms with Gasteiger partial charge in [0.15, 0.2) is 5.96 Å². The zero-order valence-corrected chi connectivity index (χ0v) is 18.1. The third-order valence-electron chi connectivity index (χ3n) is 4.14. The summed E-state index contributed by atoms with van der Waals surface area (Å²) in [5.41, 5.74) is 6.96. The van der Waals surface area contributed by atoms with E-state index in [2.05, 4.69) is 22.1 Å². The summed E-state index contributed by atoms with van der Waals surface area (Å²) >= 11 is 12.1. The second-order valence-electron chi connectivity index (χ2n) is 6.37. The van der Waals surface area contributed by atoms with E-state index in [0.29, 0.717) is 21.9 Å². The second kappa shape index (κ2) is 10.7. The Morgan fingerprint density at radius 1 is 1.29 bits per heavy atom. The molecule has 1 aliphatic rings. The van der Waals surface area contributed by atoms with Gasteiger partial charge in [-0.05, 0) is 56.5 Å². The standard InChI is InChI=1S/C17H26Cl2N4.HI/c1-12(11-23-7-3-4-8-23)10-21-17(20)22-13(2)15-6-5-14(18)9-16(15)19;/h5-6,9,12-13H,3-4,7-8,10-11H2,1-2H3,(H3,20,21,22);1H. The second-order valence-corrected chi connectivity index (χ2v) is 7.21. The third-order valence-corrected chi connectivity index (χ3v) is 4.70. The van der Waals surface area contributed by atoms with Crippen LogP contribution in [-0.2, 0) is 0 Å². The van der Waals surface area contributed by atoms with Crippen molar-refractivity contribution in [2.45, 2.75) is 32.7 Å². The van der Waals surface area contributed by atoms with E-state index in [-0.39, 0.29) is 30.0 Å². The number of hydrogen-bond acceptors (Lipinski definition) is 2. The summed E-state index contributed by atoms with van der Waals surface area (Å²) in [4.78, 5) is 6.97. The summed E-state index contributed by atoms with van der Waals surface area (Å²) in [5.74, 6) is 0.958. The minimum Gasteiger partial charge on any atom is -0.370 e. The molecule has 0 saturated carbocycles. The lowest BCUT2D eigenvalue weighted by Gasteiger charge is -2.20. The van der Waals surface area contributed by atoms with Gasteiger partial charge in [-0.2, -0.15) is 0 Å². The van der Waals surface area contributed by atoms with Gasteiger partial charge in [-0.1, -0.05) is 36.2 Å². The van der Waals surface area contributed by atoms with Gasteiger partial charge in [0.1, 0.15) is 0 Å². The molecule has 136 valence electrons. The first-order valence-electron chi connectivity index (χ1n) is 8.19. The molecule has 3 N–H and O–H groups in total. The van der Waals surface area contributed by atoms with Crippen molar-refractivity contribution in [3.8, 4) is 0 Å². The summed E-state index contributed by atoms with van der Waals surface area (Å²) in [5, 5.41) is 4.45. The van der Waals surface area contributed by atoms with Gasteiger partial charge >= 0.3 is 0 Å². The summed E-state index contributed by atoms with van der Waals surface area (Å²) < 4.78 is 0. The molecule has 2 rings (SSSR count). The first kappa shape index (κ1) is 21.8. The molecule has 0 spiro atoms. The Bertz CT molecular complexity index is 547. The molecule has 1 aromatic carbocycles. The Labute approximate surface area is 172 Å². The number of rotatable bonds is 6. The van der Waals surface area contributed by atoms with Crippen LogP contribution < -0.4 is 11.1 Å². The molecule has 0 aromatic heterocycles. The molecule has 1 aliphatic heterocycles. The number of nitrogens with two attached hydrogens (primary N) is 1. The molecule has 0 bridgehead atoms. The lowest BCUT2D eigenvalue weighted by atomic mass is 10.1. The van der Waals surface area contributed by atoms with Gasteiger partial charge in [0, 0.05) is 23.1 Å². The highest BCUT2D eigenvalue weighted by Crippen LogP contribution is 2.25. The Kier molecular flexibility index (Phi) is 9.71. The normalized spacial score (nSPS) is 18.1. The molecule has 2 atom stereocenters. The SMILES string of the molecule is CC(CN=C(N)NC(C)c1ccc(Cl)cc1Cl)CN1CCCC1.I. The van der Waals surface area contributed by atoms with E-state index in [1.807, 2.05) is 19.1 Å². The monoisotopic (exact) mass is 484 g/mol. The first-order chi connectivity index (χ1) is 11.0. The van der Waals surface area contributed by atoms with Crippen LogP contribution in [0.1, 0.15) is 38.3 Å². The fraction of sp³-hybridized carbons (Fsp3) is 0.588. The summed E-state index contributed by atoms with van der Waals surface area (Å²) in [7, 11) is 0. The van der Waals surface area contributed by atoms with Crippen LogP contribution in [0.4, 0.5) is 0 Å². The van der Waals surface area contributed by atoms with Gasteiger partial charge in [-0.25, -0.2) is 0 Å². The van der Waals surface area contributed by atoms with Gasteiger partial charge < -0.3 is 16.0 Å². The molecule has 1 aromatic rings. The van der Waals surface area contributed by atoms with Crippen LogP contribution in [0, 0.1) is 5.92 Å². The molecule has 0 radical (unpaired) electrons. The van der Waals surface area contributed by atoms with Gasteiger partial charge in [0.25, 0.3) is 0 Å². The molecule has 24 heavy (non-hydrogen) atoms. The lowest BCUT2D eigenvalue weighted by molar-refractivity contribution is 0.291. The van der Waals surface area contributed by atoms with E-state index in [9.17, 15) is 0 Å². The van der Waals surface area contributed by atoms with E-state index in [1.54, 1.807) is 6.07 Å². The van der Waals surface area contributed by atoms with Crippen LogP contribution in [0.2, 0.25) is 10.0 Å². The van der Waals surface area contributed by atoms with Crippen LogP contribution in [0.3, 0.4) is 0 Å². The van der Waals surface area contributed by atoms with E-state index < -0.39 is 0 Å². The summed E-state index contributed by atoms with van der Waals surface area (Å²) in [6.07, 6.45) is 2.64. The smallest absolute Gasteiger partial charge is 0.189 e. The van der Waals surface area contributed by atoms with Gasteiger partial charge in [0.05, 0.1) is 6.04 Å². The highest BCUT2D eigenvalue weighted by molar-refractivity contribution is 14.0. The number of halogens is 3. The van der Waals surface area contributed by atoms with E-state index in [0.717, 1.165) is 18.7 Å². The minimum atomic E-state index is -0.0163. The van der Waals surface area contributed by atoms with E-state index in [1.165, 1.54) is 25.9 Å². The van der Waals surface area contributed by atoms with Gasteiger partial charge in [-0.3, -0.25) is 4.99 Å². The number of nitrogens with one attached hydrogen (secondary N) is 1. The van der Waals surface area contributed by atoms with Crippen molar-refractivity contribution in [2.24, 2.45) is 16.6 Å². The number of hydrogen-bond donors (Lipinski definition) is 2. The van der Waals surface area contributed by atoms with E-state index in [4.69, 9.17) is 28.9 Å². The summed E-state index contributed by atoms with van der Waals surface area (Å²) in [6, 6.07) is 5.46. The quantitative estimate of drug-likeness (QED) is 0.359. The first-order valence-corrected chi connectivity index (χ1v) is 8.95. The average Bonchev–Trinajstić information content (AvgIpc) is 2.97. The largest absolute Gasteiger partial charge is 0.370 e. The van der Waals surface area contributed by atoms with Crippen LogP contribution >= 0.6 is 47.2 Å². The molecule has 0 amide bonds. The minimum absolute atomic E-state index is 0. The Balaban J connectivity index is 0.00000288. The van der Waals surface area contributed by atoms with Gasteiger partial charge in [-0.15, -0.1) is 24.0 Å². The number of nitrogens with zero attached hydrogens (tertiary/aromatic N) is 2. The number of benzene rings is 1. The van der Waals surface area contributed by atoms with Crippen molar-refractivity contribution in [2.75, 3.05) is 26.2 Å². The van der Waals surface area contributed by atoms with Crippen molar-refractivity contribution < 1.29 is 0 Å². The molecule has 4 nitrogen and oxygen atoms in total. The van der Waals surface area contributed by atoms with Crippen LogP contribution in [0.25, 0.3) is 0 Å². The number of likely N-dealkylation sites (tertiary alicyclic amines) is 1. The molecule has 0 aliphatic carbocycles. The zero-order chi connectivity index (χ0) is 16.8. The predicted molar refractivity (Wildman–Crippen MR) is 115 cm³/mol. The van der Waals surface area contributed by atoms with Crippen molar-refractivity contribution in [1.29, 1.82) is 0 Å². The molecule has 7 heteroatoms. The maximum atomic E-state index is 6.22. The predicted octanol–water partition coefficient (Wildman–Crippen LogP) is 4.31. The lowest BCUT2D eigenvalue weighted by Crippen LogP contribution is -2.35. The van der Waals surface area contributed by atoms with Crippen molar-refractivity contribution >= 4 is 53.1 Å². The zero-order valence-electron chi connectivity index (χ0n) is 14.3. The Morgan fingerprint density at radius 2 is 1.96 bits per heavy atom. The van der Waals surface area contributed by atoms with Crippen molar-refractivity contribution in [1.82, 2.24) is 10.2 Å². The molecular formula is C17H27Cl2IN4. The maximum Gasteiger partial charge on any atom is 0.189 e. The Morgan fingerprint density at radius 3 is 2.58 bits per heavy atom.